The molecule has 0 spiro atoms. The van der Waals surface area contributed by atoms with Crippen LogP contribution in [0.4, 0.5) is 18.9 Å². The van der Waals surface area contributed by atoms with E-state index in [-0.39, 0.29) is 30.7 Å². The average Bonchev–Trinajstić information content (AvgIpc) is 3.21. The van der Waals surface area contributed by atoms with Crippen LogP contribution in [0, 0.1) is 0 Å². The Labute approximate surface area is 131 Å². The van der Waals surface area contributed by atoms with Gasteiger partial charge >= 0.3 is 6.18 Å². The van der Waals surface area contributed by atoms with Gasteiger partial charge in [0.05, 0.1) is 18.7 Å². The second-order valence-electron chi connectivity index (χ2n) is 5.64. The van der Waals surface area contributed by atoms with Gasteiger partial charge in [-0.1, -0.05) is 0 Å². The lowest BCUT2D eigenvalue weighted by Crippen LogP contribution is -2.39. The molecular formula is C15H18F3N3O2. The minimum atomic E-state index is -4.41. The van der Waals surface area contributed by atoms with Crippen LogP contribution in [0.3, 0.4) is 0 Å². The lowest BCUT2D eigenvalue weighted by Gasteiger charge is -2.16. The minimum Gasteiger partial charge on any atom is -0.352 e. The van der Waals surface area contributed by atoms with Gasteiger partial charge in [0.25, 0.3) is 0 Å². The number of carbonyl (C=O) groups is 2. The van der Waals surface area contributed by atoms with Crippen molar-refractivity contribution >= 4 is 17.5 Å². The Balaban J connectivity index is 1.78. The molecule has 0 heterocycles. The predicted octanol–water partition coefficient (Wildman–Crippen LogP) is 1.85. The number of benzene rings is 1. The first-order chi connectivity index (χ1) is 10.7. The van der Waals surface area contributed by atoms with Crippen LogP contribution in [0.5, 0.6) is 0 Å². The largest absolute Gasteiger partial charge is 0.416 e. The molecule has 1 aliphatic rings. The summed E-state index contributed by atoms with van der Waals surface area (Å²) in [5.74, 6) is -0.538. The number of anilines is 1. The molecule has 1 fully saturated rings. The molecule has 0 bridgehead atoms. The summed E-state index contributed by atoms with van der Waals surface area (Å²) >= 11 is 0. The molecule has 8 heteroatoms. The maximum atomic E-state index is 12.4. The highest BCUT2D eigenvalue weighted by Gasteiger charge is 2.30. The van der Waals surface area contributed by atoms with Gasteiger partial charge in [-0.25, -0.2) is 0 Å². The molecule has 0 aromatic heterocycles. The first-order valence-electron chi connectivity index (χ1n) is 7.19. The Morgan fingerprint density at radius 3 is 2.22 bits per heavy atom. The quantitative estimate of drug-likeness (QED) is 0.837. The van der Waals surface area contributed by atoms with Crippen molar-refractivity contribution in [2.75, 3.05) is 25.5 Å². The van der Waals surface area contributed by atoms with E-state index in [0.717, 1.165) is 25.0 Å². The number of rotatable bonds is 6. The molecule has 5 nitrogen and oxygen atoms in total. The maximum Gasteiger partial charge on any atom is 0.416 e. The van der Waals surface area contributed by atoms with E-state index in [1.54, 1.807) is 7.05 Å². The van der Waals surface area contributed by atoms with Crippen molar-refractivity contribution in [2.45, 2.75) is 25.1 Å². The topological polar surface area (TPSA) is 61.4 Å². The number of carbonyl (C=O) groups excluding carboxylic acids is 2. The van der Waals surface area contributed by atoms with Gasteiger partial charge in [0.2, 0.25) is 11.8 Å². The van der Waals surface area contributed by atoms with Gasteiger partial charge < -0.3 is 10.6 Å². The summed E-state index contributed by atoms with van der Waals surface area (Å²) in [6.07, 6.45) is -2.43. The summed E-state index contributed by atoms with van der Waals surface area (Å²) in [6.45, 7) is 0.0655. The summed E-state index contributed by atoms with van der Waals surface area (Å²) in [7, 11) is 1.62. The van der Waals surface area contributed by atoms with E-state index in [4.69, 9.17) is 0 Å². The molecule has 1 aromatic carbocycles. The zero-order valence-corrected chi connectivity index (χ0v) is 12.6. The van der Waals surface area contributed by atoms with Gasteiger partial charge in [-0.05, 0) is 44.2 Å². The number of hydrogen-bond donors (Lipinski definition) is 2. The fourth-order valence-corrected chi connectivity index (χ4v) is 1.99. The third-order valence-corrected chi connectivity index (χ3v) is 3.27. The molecule has 2 N–H and O–H groups in total. The second kappa shape index (κ2) is 6.99. The van der Waals surface area contributed by atoms with Crippen LogP contribution >= 0.6 is 0 Å². The van der Waals surface area contributed by atoms with Crippen LogP contribution in [-0.4, -0.2) is 42.9 Å². The maximum absolute atomic E-state index is 12.4. The average molecular weight is 329 g/mol. The minimum absolute atomic E-state index is 0.0287. The molecule has 1 aromatic rings. The number of amides is 2. The Hall–Kier alpha value is -2.09. The van der Waals surface area contributed by atoms with Crippen molar-refractivity contribution in [3.8, 4) is 0 Å². The van der Waals surface area contributed by atoms with Crippen LogP contribution in [0.15, 0.2) is 24.3 Å². The van der Waals surface area contributed by atoms with E-state index in [0.29, 0.717) is 0 Å². The summed E-state index contributed by atoms with van der Waals surface area (Å²) < 4.78 is 37.3. The number of nitrogens with one attached hydrogen (secondary N) is 2. The third-order valence-electron chi connectivity index (χ3n) is 3.27. The standard InChI is InChI=1S/C15H18F3N3O2/c1-21(9-14(23)20-12-6-7-12)8-13(22)19-11-4-2-10(3-5-11)15(16,17)18/h2-5,12H,6-9H2,1H3,(H,19,22)(H,20,23). The van der Waals surface area contributed by atoms with Crippen molar-refractivity contribution in [1.82, 2.24) is 10.2 Å². The Bertz CT molecular complexity index is 568. The number of alkyl halides is 3. The lowest BCUT2D eigenvalue weighted by molar-refractivity contribution is -0.137. The molecule has 1 aliphatic carbocycles. The smallest absolute Gasteiger partial charge is 0.352 e. The van der Waals surface area contributed by atoms with Crippen molar-refractivity contribution < 1.29 is 22.8 Å². The van der Waals surface area contributed by atoms with Gasteiger partial charge in [-0.3, -0.25) is 14.5 Å². The van der Waals surface area contributed by atoms with E-state index < -0.39 is 17.6 Å². The molecule has 0 aliphatic heterocycles. The SMILES string of the molecule is CN(CC(=O)Nc1ccc(C(F)(F)F)cc1)CC(=O)NC1CC1. The van der Waals surface area contributed by atoms with Gasteiger partial charge in [0.15, 0.2) is 0 Å². The Morgan fingerprint density at radius 1 is 1.13 bits per heavy atom. The number of likely N-dealkylation sites (N-methyl/N-ethyl adjacent to an activating group) is 1. The predicted molar refractivity (Wildman–Crippen MR) is 78.7 cm³/mol. The first kappa shape index (κ1) is 17.3. The number of halogens is 3. The van der Waals surface area contributed by atoms with E-state index in [9.17, 15) is 22.8 Å². The molecule has 126 valence electrons. The highest BCUT2D eigenvalue weighted by atomic mass is 19.4. The van der Waals surface area contributed by atoms with E-state index in [1.807, 2.05) is 0 Å². The molecule has 0 saturated heterocycles. The van der Waals surface area contributed by atoms with Gasteiger partial charge in [0.1, 0.15) is 0 Å². The van der Waals surface area contributed by atoms with Gasteiger partial charge in [0, 0.05) is 11.7 Å². The van der Waals surface area contributed by atoms with Crippen molar-refractivity contribution in [3.63, 3.8) is 0 Å². The summed E-state index contributed by atoms with van der Waals surface area (Å²) in [5, 5.41) is 5.31. The van der Waals surface area contributed by atoms with Crippen molar-refractivity contribution in [1.29, 1.82) is 0 Å². The van der Waals surface area contributed by atoms with Crippen LogP contribution < -0.4 is 10.6 Å². The lowest BCUT2D eigenvalue weighted by atomic mass is 10.2. The Morgan fingerprint density at radius 2 is 1.70 bits per heavy atom. The highest BCUT2D eigenvalue weighted by molar-refractivity contribution is 5.92. The zero-order chi connectivity index (χ0) is 17.0. The normalized spacial score (nSPS) is 14.7. The van der Waals surface area contributed by atoms with Crippen molar-refractivity contribution in [2.24, 2.45) is 0 Å². The van der Waals surface area contributed by atoms with E-state index in [1.165, 1.54) is 17.0 Å². The van der Waals surface area contributed by atoms with E-state index in [2.05, 4.69) is 10.6 Å². The second-order valence-corrected chi connectivity index (χ2v) is 5.64. The van der Waals surface area contributed by atoms with E-state index >= 15 is 0 Å². The fraction of sp³-hybridized carbons (Fsp3) is 0.467. The molecule has 23 heavy (non-hydrogen) atoms. The van der Waals surface area contributed by atoms with Crippen LogP contribution in [-0.2, 0) is 15.8 Å². The zero-order valence-electron chi connectivity index (χ0n) is 12.6. The number of nitrogens with zero attached hydrogens (tertiary/aromatic N) is 1. The molecule has 0 atom stereocenters. The van der Waals surface area contributed by atoms with Gasteiger partial charge in [-0.15, -0.1) is 0 Å². The molecule has 2 rings (SSSR count). The molecule has 0 radical (unpaired) electrons. The molecule has 0 unspecified atom stereocenters. The van der Waals surface area contributed by atoms with Crippen LogP contribution in [0.1, 0.15) is 18.4 Å². The summed E-state index contributed by atoms with van der Waals surface area (Å²) in [5.41, 5.74) is -0.497. The van der Waals surface area contributed by atoms with Crippen LogP contribution in [0.25, 0.3) is 0 Å². The number of hydrogen-bond acceptors (Lipinski definition) is 3. The summed E-state index contributed by atoms with van der Waals surface area (Å²) in [6, 6.07) is 4.46. The monoisotopic (exact) mass is 329 g/mol. The van der Waals surface area contributed by atoms with Crippen LogP contribution in [0.2, 0.25) is 0 Å². The van der Waals surface area contributed by atoms with Gasteiger partial charge in [-0.2, -0.15) is 13.2 Å². The highest BCUT2D eigenvalue weighted by Crippen LogP contribution is 2.29. The Kier molecular flexibility index (Phi) is 5.25. The third kappa shape index (κ3) is 5.90. The molecule has 1 saturated carbocycles. The summed E-state index contributed by atoms with van der Waals surface area (Å²) in [4.78, 5) is 24.9. The van der Waals surface area contributed by atoms with Crippen molar-refractivity contribution in [3.05, 3.63) is 29.8 Å². The molecular weight excluding hydrogens is 311 g/mol. The first-order valence-corrected chi connectivity index (χ1v) is 7.19. The molecule has 2 amide bonds. The fourth-order valence-electron chi connectivity index (χ4n) is 1.99.